The average molecular weight is 947 g/mol. The molecule has 1 aliphatic heterocycles. The van der Waals surface area contributed by atoms with Gasteiger partial charge in [0.15, 0.2) is 12.4 Å². The maximum absolute atomic E-state index is 12.9. The van der Waals surface area contributed by atoms with Crippen LogP contribution in [0.1, 0.15) is 251 Å². The number of aliphatic hydroxyl groups is 3. The van der Waals surface area contributed by atoms with Gasteiger partial charge in [0.05, 0.1) is 6.61 Å². The zero-order chi connectivity index (χ0) is 47.6. The molecule has 0 saturated carbocycles. The zero-order valence-electron chi connectivity index (χ0n) is 41.4. The summed E-state index contributed by atoms with van der Waals surface area (Å²) < 4.78 is 54.3. The number of hydrogen-bond donors (Lipinski definition) is 4. The monoisotopic (exact) mass is 947 g/mol. The number of carbonyl (C=O) groups excluding carboxylic acids is 2. The van der Waals surface area contributed by atoms with Gasteiger partial charge in [-0.05, 0) is 38.5 Å². The second-order valence-corrected chi connectivity index (χ2v) is 20.4. The highest BCUT2D eigenvalue weighted by molar-refractivity contribution is 7.85. The van der Waals surface area contributed by atoms with Crippen LogP contribution >= 0.6 is 0 Å². The summed E-state index contributed by atoms with van der Waals surface area (Å²) in [7, 11) is -4.60. The first-order chi connectivity index (χ1) is 31.5. The highest BCUT2D eigenvalue weighted by Gasteiger charge is 2.46. The molecule has 0 aromatic carbocycles. The highest BCUT2D eigenvalue weighted by atomic mass is 32.2. The number of esters is 2. The minimum Gasteiger partial charge on any atom is -0.462 e. The predicted molar refractivity (Wildman–Crippen MR) is 261 cm³/mol. The van der Waals surface area contributed by atoms with Crippen LogP contribution in [0.5, 0.6) is 0 Å². The Morgan fingerprint density at radius 3 is 1.28 bits per heavy atom. The average Bonchev–Trinajstić information content (AvgIpc) is 3.27. The Morgan fingerprint density at radius 1 is 0.508 bits per heavy atom. The fraction of sp³-hybridized carbons (Fsp3) is 0.923. The fourth-order valence-corrected chi connectivity index (χ4v) is 9.13. The van der Waals surface area contributed by atoms with Crippen LogP contribution in [0.3, 0.4) is 0 Å². The van der Waals surface area contributed by atoms with E-state index in [0.29, 0.717) is 12.8 Å². The number of allylic oxidation sites excluding steroid dienone is 2. The first-order valence-corrected chi connectivity index (χ1v) is 28.4. The molecular weight excluding hydrogens is 849 g/mol. The maximum atomic E-state index is 12.9. The minimum absolute atomic E-state index is 0.159. The molecule has 0 aromatic heterocycles. The van der Waals surface area contributed by atoms with Gasteiger partial charge in [-0.3, -0.25) is 14.1 Å². The summed E-state index contributed by atoms with van der Waals surface area (Å²) >= 11 is 0. The van der Waals surface area contributed by atoms with Crippen LogP contribution in [0.15, 0.2) is 12.2 Å². The van der Waals surface area contributed by atoms with E-state index in [9.17, 15) is 37.9 Å². The van der Waals surface area contributed by atoms with Crippen molar-refractivity contribution in [2.24, 2.45) is 0 Å². The van der Waals surface area contributed by atoms with Gasteiger partial charge in [-0.25, -0.2) is 0 Å². The fourth-order valence-electron chi connectivity index (χ4n) is 8.44. The minimum atomic E-state index is -4.60. The van der Waals surface area contributed by atoms with E-state index in [1.807, 2.05) is 0 Å². The van der Waals surface area contributed by atoms with Gasteiger partial charge in [-0.15, -0.1) is 0 Å². The molecule has 12 nitrogen and oxygen atoms in total. The van der Waals surface area contributed by atoms with E-state index in [1.54, 1.807) is 0 Å². The quantitative estimate of drug-likeness (QED) is 0.0196. The standard InChI is InChI=1S/C52H98O12S/c1-3-5-7-9-11-13-15-17-19-20-21-22-23-24-25-27-28-30-32-34-36-38-40-47(53)61-42-45(43-62-52-51(57)50(56)49(55)46(64-52)44-65(58,59)60)63-48(54)41-39-37-35-33-31-29-26-18-16-14-12-10-8-6-4-2/h18,26,45-46,49-52,55-57H,3-17,19-25,27-44H2,1-2H3,(H,58,59,60)/b26-18+/t45-,46-,49-,50?,51?,52+/m1/s1. The summed E-state index contributed by atoms with van der Waals surface area (Å²) in [5.74, 6) is -1.97. The van der Waals surface area contributed by atoms with Crippen molar-refractivity contribution < 1.29 is 56.8 Å². The first-order valence-electron chi connectivity index (χ1n) is 26.7. The summed E-state index contributed by atoms with van der Waals surface area (Å²) in [5, 5.41) is 31.0. The molecule has 2 unspecified atom stereocenters. The Balaban J connectivity index is 2.32. The number of rotatable bonds is 46. The second kappa shape index (κ2) is 42.5. The lowest BCUT2D eigenvalue weighted by molar-refractivity contribution is -0.297. The maximum Gasteiger partial charge on any atom is 0.306 e. The van der Waals surface area contributed by atoms with Gasteiger partial charge in [0.2, 0.25) is 0 Å². The van der Waals surface area contributed by atoms with Gasteiger partial charge in [-0.2, -0.15) is 8.42 Å². The lowest BCUT2D eigenvalue weighted by atomic mass is 10.00. The molecule has 1 aliphatic rings. The van der Waals surface area contributed by atoms with Gasteiger partial charge in [0, 0.05) is 12.8 Å². The lowest BCUT2D eigenvalue weighted by Crippen LogP contribution is -2.60. The SMILES string of the molecule is CCCCCCCC/C=C/CCCCCCCC(=O)O[C@H](COC(=O)CCCCCCCCCCCCCCCCCCCCCCCC)CO[C@H]1O[C@H](CS(=O)(=O)O)[C@@H](O)C(O)C1O. The van der Waals surface area contributed by atoms with Crippen LogP contribution in [0.25, 0.3) is 0 Å². The molecule has 1 heterocycles. The summed E-state index contributed by atoms with van der Waals surface area (Å²) in [5.41, 5.74) is 0. The Hall–Kier alpha value is -1.61. The molecule has 1 fully saturated rings. The molecule has 13 heteroatoms. The van der Waals surface area contributed by atoms with Crippen molar-refractivity contribution in [3.63, 3.8) is 0 Å². The van der Waals surface area contributed by atoms with Crippen LogP contribution in [0.2, 0.25) is 0 Å². The Morgan fingerprint density at radius 2 is 0.877 bits per heavy atom. The molecule has 0 spiro atoms. The second-order valence-electron chi connectivity index (χ2n) is 18.9. The lowest BCUT2D eigenvalue weighted by Gasteiger charge is -2.40. The first kappa shape index (κ1) is 61.4. The number of aliphatic hydroxyl groups excluding tert-OH is 3. The topological polar surface area (TPSA) is 186 Å². The number of hydrogen-bond acceptors (Lipinski definition) is 11. The largest absolute Gasteiger partial charge is 0.462 e. The highest BCUT2D eigenvalue weighted by Crippen LogP contribution is 2.24. The van der Waals surface area contributed by atoms with Crippen molar-refractivity contribution >= 4 is 22.1 Å². The van der Waals surface area contributed by atoms with Gasteiger partial charge in [0.25, 0.3) is 10.1 Å². The van der Waals surface area contributed by atoms with Gasteiger partial charge >= 0.3 is 11.9 Å². The molecule has 65 heavy (non-hydrogen) atoms. The van der Waals surface area contributed by atoms with E-state index < -0.39 is 71.2 Å². The van der Waals surface area contributed by atoms with E-state index in [1.165, 1.54) is 154 Å². The van der Waals surface area contributed by atoms with Crippen LogP contribution < -0.4 is 0 Å². The third-order valence-corrected chi connectivity index (χ3v) is 13.3. The van der Waals surface area contributed by atoms with Crippen LogP contribution in [0.4, 0.5) is 0 Å². The predicted octanol–water partition coefficient (Wildman–Crippen LogP) is 12.2. The van der Waals surface area contributed by atoms with Crippen molar-refractivity contribution in [3.05, 3.63) is 12.2 Å². The molecule has 6 atom stereocenters. The molecule has 0 amide bonds. The Kier molecular flexibility index (Phi) is 40.1. The van der Waals surface area contributed by atoms with E-state index in [2.05, 4.69) is 26.0 Å². The molecular formula is C52H98O12S. The van der Waals surface area contributed by atoms with E-state index >= 15 is 0 Å². The zero-order valence-corrected chi connectivity index (χ0v) is 42.2. The van der Waals surface area contributed by atoms with Crippen molar-refractivity contribution in [1.29, 1.82) is 0 Å². The number of carbonyl (C=O) groups is 2. The third kappa shape index (κ3) is 37.0. The van der Waals surface area contributed by atoms with Gasteiger partial charge in [-0.1, -0.05) is 212 Å². The van der Waals surface area contributed by atoms with Gasteiger partial charge in [0.1, 0.15) is 36.8 Å². The van der Waals surface area contributed by atoms with E-state index in [-0.39, 0.29) is 19.4 Å². The number of unbranched alkanes of at least 4 members (excludes halogenated alkanes) is 32. The summed E-state index contributed by atoms with van der Waals surface area (Å²) in [6, 6.07) is 0. The molecule has 1 saturated heterocycles. The normalized spacial score (nSPS) is 19.5. The summed E-state index contributed by atoms with van der Waals surface area (Å²) in [6.07, 6.45) is 38.3. The van der Waals surface area contributed by atoms with Crippen LogP contribution in [0, 0.1) is 0 Å². The molecule has 4 N–H and O–H groups in total. The molecule has 384 valence electrons. The van der Waals surface area contributed by atoms with Gasteiger partial charge < -0.3 is 34.3 Å². The van der Waals surface area contributed by atoms with Crippen molar-refractivity contribution in [2.75, 3.05) is 19.0 Å². The summed E-state index contributed by atoms with van der Waals surface area (Å²) in [4.78, 5) is 25.5. The third-order valence-electron chi connectivity index (χ3n) is 12.6. The summed E-state index contributed by atoms with van der Waals surface area (Å²) in [6.45, 7) is 3.79. The van der Waals surface area contributed by atoms with Crippen molar-refractivity contribution in [3.8, 4) is 0 Å². The van der Waals surface area contributed by atoms with Crippen LogP contribution in [-0.4, -0.2) is 96.0 Å². The molecule has 0 radical (unpaired) electrons. The molecule has 0 bridgehead atoms. The molecule has 0 aromatic rings. The molecule has 1 rings (SSSR count). The van der Waals surface area contributed by atoms with Crippen LogP contribution in [-0.2, 0) is 38.7 Å². The molecule has 0 aliphatic carbocycles. The van der Waals surface area contributed by atoms with E-state index in [0.717, 1.165) is 57.8 Å². The Bertz CT molecular complexity index is 1250. The van der Waals surface area contributed by atoms with Crippen molar-refractivity contribution in [2.45, 2.75) is 288 Å². The van der Waals surface area contributed by atoms with E-state index in [4.69, 9.17) is 18.9 Å². The number of ether oxygens (including phenoxy) is 4. The Labute approximate surface area is 396 Å². The smallest absolute Gasteiger partial charge is 0.306 e. The van der Waals surface area contributed by atoms with Crippen molar-refractivity contribution in [1.82, 2.24) is 0 Å².